The van der Waals surface area contributed by atoms with Gasteiger partial charge in [0.05, 0.1) is 11.3 Å². The second kappa shape index (κ2) is 6.02. The van der Waals surface area contributed by atoms with Crippen LogP contribution in [0.5, 0.6) is 0 Å². The van der Waals surface area contributed by atoms with Crippen molar-refractivity contribution in [3.8, 4) is 0 Å². The number of nitrogens with zero attached hydrogens (tertiary/aromatic N) is 4. The minimum absolute atomic E-state index is 0.0837. The molecule has 130 valence electrons. The largest absolute Gasteiger partial charge is 0.343 e. The molecule has 3 aromatic heterocycles. The summed E-state index contributed by atoms with van der Waals surface area (Å²) in [5, 5.41) is 5.44. The normalized spacial score (nSPS) is 18.0. The number of piperidine rings is 1. The van der Waals surface area contributed by atoms with Crippen LogP contribution in [-0.2, 0) is 7.05 Å². The van der Waals surface area contributed by atoms with E-state index in [9.17, 15) is 4.79 Å². The second-order valence-corrected chi connectivity index (χ2v) is 7.07. The Labute approximate surface area is 146 Å². The molecule has 0 radical (unpaired) electrons. The smallest absolute Gasteiger partial charge is 0.257 e. The van der Waals surface area contributed by atoms with E-state index in [4.69, 9.17) is 0 Å². The molecule has 0 saturated carbocycles. The zero-order chi connectivity index (χ0) is 17.6. The molecule has 25 heavy (non-hydrogen) atoms. The molecule has 6 nitrogen and oxygen atoms in total. The summed E-state index contributed by atoms with van der Waals surface area (Å²) < 4.78 is 1.70. The van der Waals surface area contributed by atoms with E-state index in [1.54, 1.807) is 4.68 Å². The Morgan fingerprint density at radius 1 is 1.32 bits per heavy atom. The molecule has 0 spiro atoms. The van der Waals surface area contributed by atoms with Crippen LogP contribution in [-0.4, -0.2) is 43.6 Å². The van der Waals surface area contributed by atoms with Crippen molar-refractivity contribution in [2.75, 3.05) is 13.1 Å². The van der Waals surface area contributed by atoms with Crippen LogP contribution in [0, 0.1) is 13.8 Å². The van der Waals surface area contributed by atoms with Crippen LogP contribution in [0.15, 0.2) is 24.5 Å². The van der Waals surface area contributed by atoms with E-state index in [1.165, 1.54) is 5.69 Å². The minimum atomic E-state index is 0.0837. The lowest BCUT2D eigenvalue weighted by molar-refractivity contribution is 0.0705. The number of likely N-dealkylation sites (tertiary alicyclic amines) is 1. The van der Waals surface area contributed by atoms with Gasteiger partial charge in [-0.1, -0.05) is 0 Å². The van der Waals surface area contributed by atoms with Crippen LogP contribution in [0.3, 0.4) is 0 Å². The van der Waals surface area contributed by atoms with Crippen molar-refractivity contribution >= 4 is 16.9 Å². The fraction of sp³-hybridized carbons (Fsp3) is 0.421. The number of rotatable bonds is 2. The van der Waals surface area contributed by atoms with Gasteiger partial charge in [0.25, 0.3) is 5.91 Å². The van der Waals surface area contributed by atoms with Gasteiger partial charge in [0.15, 0.2) is 0 Å². The zero-order valence-corrected chi connectivity index (χ0v) is 14.9. The lowest BCUT2D eigenvalue weighted by Gasteiger charge is -2.32. The first-order chi connectivity index (χ1) is 12.0. The van der Waals surface area contributed by atoms with Crippen LogP contribution < -0.4 is 0 Å². The Morgan fingerprint density at radius 3 is 2.92 bits per heavy atom. The lowest BCUT2D eigenvalue weighted by atomic mass is 9.94. The summed E-state index contributed by atoms with van der Waals surface area (Å²) in [6.07, 6.45) is 5.79. The highest BCUT2D eigenvalue weighted by Crippen LogP contribution is 2.29. The molecule has 1 amide bonds. The van der Waals surface area contributed by atoms with E-state index >= 15 is 0 Å². The SMILES string of the molecule is Cc1cnc2[nH]c(C3CCCN(C(=O)c4cn(C)nc4C)C3)cc2c1. The molecule has 0 aromatic carbocycles. The van der Waals surface area contributed by atoms with E-state index in [0.29, 0.717) is 11.5 Å². The van der Waals surface area contributed by atoms with Crippen LogP contribution >= 0.6 is 0 Å². The molecule has 3 aromatic rings. The molecule has 1 fully saturated rings. The van der Waals surface area contributed by atoms with Gasteiger partial charge < -0.3 is 9.88 Å². The van der Waals surface area contributed by atoms with Gasteiger partial charge >= 0.3 is 0 Å². The predicted molar refractivity (Wildman–Crippen MR) is 96.7 cm³/mol. The Bertz CT molecular complexity index is 939. The van der Waals surface area contributed by atoms with Gasteiger partial charge in [-0.3, -0.25) is 9.48 Å². The maximum absolute atomic E-state index is 12.9. The first-order valence-corrected chi connectivity index (χ1v) is 8.76. The molecule has 6 heteroatoms. The molecular weight excluding hydrogens is 314 g/mol. The minimum Gasteiger partial charge on any atom is -0.343 e. The van der Waals surface area contributed by atoms with Crippen molar-refractivity contribution < 1.29 is 4.79 Å². The van der Waals surface area contributed by atoms with Crippen molar-refractivity contribution in [1.29, 1.82) is 0 Å². The zero-order valence-electron chi connectivity index (χ0n) is 14.9. The number of nitrogens with one attached hydrogen (secondary N) is 1. The third-order valence-corrected chi connectivity index (χ3v) is 5.02. The molecule has 1 aliphatic rings. The molecule has 0 aliphatic carbocycles. The first-order valence-electron chi connectivity index (χ1n) is 8.76. The number of H-pyrrole nitrogens is 1. The molecule has 1 saturated heterocycles. The number of aromatic nitrogens is 4. The van der Waals surface area contributed by atoms with Gasteiger partial charge in [-0.25, -0.2) is 4.98 Å². The number of aryl methyl sites for hydroxylation is 3. The highest BCUT2D eigenvalue weighted by molar-refractivity contribution is 5.95. The van der Waals surface area contributed by atoms with Gasteiger partial charge in [-0.05, 0) is 44.4 Å². The van der Waals surface area contributed by atoms with Crippen LogP contribution in [0.4, 0.5) is 0 Å². The van der Waals surface area contributed by atoms with E-state index in [1.807, 2.05) is 31.3 Å². The molecule has 1 unspecified atom stereocenters. The maximum atomic E-state index is 12.9. The number of hydrogen-bond donors (Lipinski definition) is 1. The first kappa shape index (κ1) is 15.9. The van der Waals surface area contributed by atoms with Gasteiger partial charge in [0.2, 0.25) is 0 Å². The van der Waals surface area contributed by atoms with Gasteiger partial charge in [-0.15, -0.1) is 0 Å². The summed E-state index contributed by atoms with van der Waals surface area (Å²) in [6.45, 7) is 5.48. The van der Waals surface area contributed by atoms with Gasteiger partial charge in [0.1, 0.15) is 5.65 Å². The summed E-state index contributed by atoms with van der Waals surface area (Å²) in [5.74, 6) is 0.407. The maximum Gasteiger partial charge on any atom is 0.257 e. The number of hydrogen-bond acceptors (Lipinski definition) is 3. The Hall–Kier alpha value is -2.63. The third kappa shape index (κ3) is 2.92. The van der Waals surface area contributed by atoms with Crippen molar-refractivity contribution in [3.05, 3.63) is 47.0 Å². The number of carbonyl (C=O) groups is 1. The standard InChI is InChI=1S/C19H23N5O/c1-12-7-15-8-17(21-18(15)20-9-12)14-5-4-6-24(10-14)19(25)16-11-23(3)22-13(16)2/h7-9,11,14H,4-6,10H2,1-3H3,(H,20,21). The second-order valence-electron chi connectivity index (χ2n) is 7.07. The Balaban J connectivity index is 1.57. The summed E-state index contributed by atoms with van der Waals surface area (Å²) in [5.41, 5.74) is 4.75. The number of pyridine rings is 1. The highest BCUT2D eigenvalue weighted by Gasteiger charge is 2.28. The number of carbonyl (C=O) groups excluding carboxylic acids is 1. The molecule has 0 bridgehead atoms. The molecule has 1 N–H and O–H groups in total. The highest BCUT2D eigenvalue weighted by atomic mass is 16.2. The molecule has 1 atom stereocenters. The van der Waals surface area contributed by atoms with E-state index in [0.717, 1.165) is 48.2 Å². The predicted octanol–water partition coefficient (Wildman–Crippen LogP) is 2.93. The summed E-state index contributed by atoms with van der Waals surface area (Å²) in [4.78, 5) is 22.7. The van der Waals surface area contributed by atoms with Crippen molar-refractivity contribution in [2.24, 2.45) is 7.05 Å². The summed E-state index contributed by atoms with van der Waals surface area (Å²) >= 11 is 0. The van der Waals surface area contributed by atoms with Crippen molar-refractivity contribution in [1.82, 2.24) is 24.6 Å². The van der Waals surface area contributed by atoms with Crippen molar-refractivity contribution in [3.63, 3.8) is 0 Å². The molecule has 4 heterocycles. The number of aromatic amines is 1. The number of amides is 1. The van der Waals surface area contributed by atoms with E-state index < -0.39 is 0 Å². The summed E-state index contributed by atoms with van der Waals surface area (Å²) in [6, 6.07) is 4.33. The van der Waals surface area contributed by atoms with Gasteiger partial charge in [0, 0.05) is 49.5 Å². The van der Waals surface area contributed by atoms with Crippen LogP contribution in [0.1, 0.15) is 46.1 Å². The molecular formula is C19H23N5O. The topological polar surface area (TPSA) is 66.8 Å². The average molecular weight is 337 g/mol. The third-order valence-electron chi connectivity index (χ3n) is 5.02. The van der Waals surface area contributed by atoms with E-state index in [-0.39, 0.29) is 5.91 Å². The number of fused-ring (bicyclic) bond motifs is 1. The average Bonchev–Trinajstić information content (AvgIpc) is 3.16. The quantitative estimate of drug-likeness (QED) is 0.782. The van der Waals surface area contributed by atoms with Crippen LogP contribution in [0.2, 0.25) is 0 Å². The summed E-state index contributed by atoms with van der Waals surface area (Å²) in [7, 11) is 1.85. The fourth-order valence-corrected chi connectivity index (χ4v) is 3.76. The lowest BCUT2D eigenvalue weighted by Crippen LogP contribution is -2.39. The van der Waals surface area contributed by atoms with Crippen molar-refractivity contribution in [2.45, 2.75) is 32.6 Å². The van der Waals surface area contributed by atoms with Crippen LogP contribution in [0.25, 0.3) is 11.0 Å². The van der Waals surface area contributed by atoms with E-state index in [2.05, 4.69) is 34.1 Å². The monoisotopic (exact) mass is 337 g/mol. The Morgan fingerprint density at radius 2 is 2.16 bits per heavy atom. The fourth-order valence-electron chi connectivity index (χ4n) is 3.76. The van der Waals surface area contributed by atoms with Gasteiger partial charge in [-0.2, -0.15) is 5.10 Å². The molecule has 4 rings (SSSR count). The Kier molecular flexibility index (Phi) is 3.82. The molecule has 1 aliphatic heterocycles.